The van der Waals surface area contributed by atoms with E-state index in [-0.39, 0.29) is 11.7 Å². The van der Waals surface area contributed by atoms with Crippen molar-refractivity contribution in [2.24, 2.45) is 5.92 Å². The first-order chi connectivity index (χ1) is 10.1. The Morgan fingerprint density at radius 2 is 1.95 bits per heavy atom. The van der Waals surface area contributed by atoms with Crippen LogP contribution >= 0.6 is 0 Å². The number of nitrogens with two attached hydrogens (primary N) is 1. The minimum absolute atomic E-state index is 0.0519. The van der Waals surface area contributed by atoms with Crippen LogP contribution in [-0.2, 0) is 4.79 Å². The number of para-hydroxylation sites is 1. The summed E-state index contributed by atoms with van der Waals surface area (Å²) in [5, 5.41) is 0. The number of ketones is 1. The number of Topliss-reactive ketones (excluding diaryl/α,β-unsaturated/α-hetero) is 1. The molecule has 1 unspecified atom stereocenters. The maximum absolute atomic E-state index is 11.8. The molecule has 1 atom stereocenters. The summed E-state index contributed by atoms with van der Waals surface area (Å²) in [6.45, 7) is 3.07. The largest absolute Gasteiger partial charge is 0.455 e. The number of rotatable bonds is 3. The van der Waals surface area contributed by atoms with Gasteiger partial charge < -0.3 is 15.4 Å². The lowest BCUT2D eigenvalue weighted by Crippen LogP contribution is -2.20. The van der Waals surface area contributed by atoms with Gasteiger partial charge in [0.05, 0.1) is 12.2 Å². The average Bonchev–Trinajstić information content (AvgIpc) is 2.82. The molecule has 1 heterocycles. The average molecular weight is 282 g/mol. The van der Waals surface area contributed by atoms with Crippen LogP contribution in [0.4, 0.5) is 11.4 Å². The summed E-state index contributed by atoms with van der Waals surface area (Å²) in [6, 6.07) is 15.1. The van der Waals surface area contributed by atoms with Gasteiger partial charge in [0.1, 0.15) is 5.75 Å². The molecule has 3 rings (SSSR count). The highest BCUT2D eigenvalue weighted by Gasteiger charge is 2.29. The number of carbonyl (C=O) groups excluding carboxylic acids is 1. The lowest BCUT2D eigenvalue weighted by Gasteiger charge is -2.21. The van der Waals surface area contributed by atoms with E-state index in [2.05, 4.69) is 0 Å². The Labute approximate surface area is 124 Å². The third-order valence-corrected chi connectivity index (χ3v) is 3.69. The van der Waals surface area contributed by atoms with Gasteiger partial charge in [-0.25, -0.2) is 0 Å². The molecule has 1 saturated heterocycles. The van der Waals surface area contributed by atoms with Crippen LogP contribution in [0.15, 0.2) is 48.5 Å². The first kappa shape index (κ1) is 13.5. The Morgan fingerprint density at radius 1 is 1.19 bits per heavy atom. The summed E-state index contributed by atoms with van der Waals surface area (Å²) in [4.78, 5) is 13.8. The lowest BCUT2D eigenvalue weighted by molar-refractivity contribution is -0.118. The SMILES string of the molecule is CC1CN(c2cc(N)ccc2Oc2ccccc2)CC1=O. The molecule has 1 aliphatic rings. The fraction of sp³-hybridized carbons (Fsp3) is 0.235. The number of hydrogen-bond donors (Lipinski definition) is 1. The van der Waals surface area contributed by atoms with E-state index < -0.39 is 0 Å². The number of ether oxygens (including phenoxy) is 1. The highest BCUT2D eigenvalue weighted by atomic mass is 16.5. The van der Waals surface area contributed by atoms with Crippen LogP contribution < -0.4 is 15.4 Å². The van der Waals surface area contributed by atoms with E-state index in [9.17, 15) is 4.79 Å². The molecule has 2 N–H and O–H groups in total. The van der Waals surface area contributed by atoms with E-state index in [0.717, 1.165) is 17.2 Å². The standard InChI is InChI=1S/C17H18N2O2/c1-12-10-19(11-16(12)20)15-9-13(18)7-8-17(15)21-14-5-3-2-4-6-14/h2-9,12H,10-11,18H2,1H3. The van der Waals surface area contributed by atoms with Crippen molar-refractivity contribution >= 4 is 17.2 Å². The zero-order chi connectivity index (χ0) is 14.8. The van der Waals surface area contributed by atoms with Crippen molar-refractivity contribution in [3.8, 4) is 11.5 Å². The van der Waals surface area contributed by atoms with Crippen LogP contribution in [0.2, 0.25) is 0 Å². The van der Waals surface area contributed by atoms with Gasteiger partial charge in [-0.1, -0.05) is 25.1 Å². The predicted molar refractivity (Wildman–Crippen MR) is 83.8 cm³/mol. The molecular weight excluding hydrogens is 264 g/mol. The van der Waals surface area contributed by atoms with E-state index in [1.165, 1.54) is 0 Å². The van der Waals surface area contributed by atoms with E-state index in [0.29, 0.717) is 18.8 Å². The van der Waals surface area contributed by atoms with Crippen molar-refractivity contribution in [1.82, 2.24) is 0 Å². The molecule has 21 heavy (non-hydrogen) atoms. The third-order valence-electron chi connectivity index (χ3n) is 3.69. The Balaban J connectivity index is 1.92. The van der Waals surface area contributed by atoms with Crippen molar-refractivity contribution in [2.75, 3.05) is 23.7 Å². The Bertz CT molecular complexity index is 655. The quantitative estimate of drug-likeness (QED) is 0.879. The van der Waals surface area contributed by atoms with Crippen molar-refractivity contribution < 1.29 is 9.53 Å². The number of anilines is 2. The van der Waals surface area contributed by atoms with Crippen LogP contribution in [0.25, 0.3) is 0 Å². The summed E-state index contributed by atoms with van der Waals surface area (Å²) >= 11 is 0. The highest BCUT2D eigenvalue weighted by molar-refractivity contribution is 5.90. The van der Waals surface area contributed by atoms with Gasteiger partial charge in [-0.05, 0) is 30.3 Å². The Morgan fingerprint density at radius 3 is 2.62 bits per heavy atom. The van der Waals surface area contributed by atoms with Gasteiger partial charge in [0, 0.05) is 18.2 Å². The van der Waals surface area contributed by atoms with E-state index in [1.807, 2.05) is 60.4 Å². The monoisotopic (exact) mass is 282 g/mol. The number of nitrogens with zero attached hydrogens (tertiary/aromatic N) is 1. The first-order valence-electron chi connectivity index (χ1n) is 7.03. The third kappa shape index (κ3) is 2.84. The van der Waals surface area contributed by atoms with Gasteiger partial charge in [-0.15, -0.1) is 0 Å². The van der Waals surface area contributed by atoms with Crippen LogP contribution in [0.3, 0.4) is 0 Å². The zero-order valence-electron chi connectivity index (χ0n) is 12.0. The van der Waals surface area contributed by atoms with Crippen molar-refractivity contribution in [1.29, 1.82) is 0 Å². The molecule has 0 saturated carbocycles. The van der Waals surface area contributed by atoms with Crippen molar-refractivity contribution in [3.05, 3.63) is 48.5 Å². The fourth-order valence-corrected chi connectivity index (χ4v) is 2.51. The van der Waals surface area contributed by atoms with Crippen molar-refractivity contribution in [3.63, 3.8) is 0 Å². The molecule has 2 aromatic carbocycles. The maximum atomic E-state index is 11.8. The molecule has 0 radical (unpaired) electrons. The molecular formula is C17H18N2O2. The number of nitrogen functional groups attached to an aromatic ring is 1. The Hall–Kier alpha value is -2.49. The molecule has 0 spiro atoms. The van der Waals surface area contributed by atoms with Crippen LogP contribution in [-0.4, -0.2) is 18.9 Å². The molecule has 2 aromatic rings. The minimum atomic E-state index is 0.0519. The van der Waals surface area contributed by atoms with Crippen LogP contribution in [0.1, 0.15) is 6.92 Å². The molecule has 108 valence electrons. The zero-order valence-corrected chi connectivity index (χ0v) is 12.0. The lowest BCUT2D eigenvalue weighted by atomic mass is 10.1. The van der Waals surface area contributed by atoms with Crippen LogP contribution in [0.5, 0.6) is 11.5 Å². The summed E-state index contributed by atoms with van der Waals surface area (Å²) in [6.07, 6.45) is 0. The fourth-order valence-electron chi connectivity index (χ4n) is 2.51. The van der Waals surface area contributed by atoms with Gasteiger partial charge in [0.25, 0.3) is 0 Å². The highest BCUT2D eigenvalue weighted by Crippen LogP contribution is 2.36. The molecule has 4 heteroatoms. The van der Waals surface area contributed by atoms with Gasteiger partial charge in [0.2, 0.25) is 0 Å². The number of benzene rings is 2. The molecule has 4 nitrogen and oxygen atoms in total. The van der Waals surface area contributed by atoms with E-state index in [1.54, 1.807) is 0 Å². The molecule has 0 amide bonds. The van der Waals surface area contributed by atoms with Gasteiger partial charge in [0.15, 0.2) is 11.5 Å². The number of carbonyl (C=O) groups is 1. The molecule has 0 aromatic heterocycles. The molecule has 1 aliphatic heterocycles. The Kier molecular flexibility index (Phi) is 3.52. The van der Waals surface area contributed by atoms with Crippen LogP contribution in [0, 0.1) is 5.92 Å². The second kappa shape index (κ2) is 5.48. The predicted octanol–water partition coefficient (Wildman–Crippen LogP) is 3.09. The number of hydrogen-bond acceptors (Lipinski definition) is 4. The summed E-state index contributed by atoms with van der Waals surface area (Å²) in [7, 11) is 0. The van der Waals surface area contributed by atoms with Gasteiger partial charge in [-0.3, -0.25) is 4.79 Å². The normalized spacial score (nSPS) is 18.0. The summed E-state index contributed by atoms with van der Waals surface area (Å²) < 4.78 is 5.94. The summed E-state index contributed by atoms with van der Waals surface area (Å²) in [5.41, 5.74) is 7.43. The van der Waals surface area contributed by atoms with E-state index >= 15 is 0 Å². The molecule has 0 aliphatic carbocycles. The first-order valence-corrected chi connectivity index (χ1v) is 7.03. The topological polar surface area (TPSA) is 55.6 Å². The van der Waals surface area contributed by atoms with Gasteiger partial charge in [-0.2, -0.15) is 0 Å². The minimum Gasteiger partial charge on any atom is -0.455 e. The molecule has 1 fully saturated rings. The molecule has 0 bridgehead atoms. The van der Waals surface area contributed by atoms with E-state index in [4.69, 9.17) is 10.5 Å². The summed E-state index contributed by atoms with van der Waals surface area (Å²) in [5.74, 6) is 1.79. The second-order valence-electron chi connectivity index (χ2n) is 5.39. The smallest absolute Gasteiger partial charge is 0.156 e. The maximum Gasteiger partial charge on any atom is 0.156 e. The van der Waals surface area contributed by atoms with Crippen molar-refractivity contribution in [2.45, 2.75) is 6.92 Å². The second-order valence-corrected chi connectivity index (χ2v) is 5.39. The van der Waals surface area contributed by atoms with Gasteiger partial charge >= 0.3 is 0 Å².